The summed E-state index contributed by atoms with van der Waals surface area (Å²) in [5.41, 5.74) is 0.636. The third-order valence-electron chi connectivity index (χ3n) is 2.21. The van der Waals surface area contributed by atoms with Crippen LogP contribution in [-0.4, -0.2) is 63.3 Å². The third kappa shape index (κ3) is 4.89. The normalized spacial score (nSPS) is 9.05. The fraction of sp³-hybridized carbons (Fsp3) is 0. The first-order valence-electron chi connectivity index (χ1n) is 5.30. The summed E-state index contributed by atoms with van der Waals surface area (Å²) in [6.45, 7) is 0. The van der Waals surface area contributed by atoms with E-state index in [0.29, 0.717) is 11.1 Å². The molecule has 2 rings (SSSR count). The zero-order chi connectivity index (χ0) is 12.8. The van der Waals surface area contributed by atoms with Gasteiger partial charge in [-0.05, 0) is 24.3 Å². The maximum absolute atomic E-state index is 11.5. The molecule has 92 valence electrons. The number of hydrogen-bond acceptors (Lipinski definition) is 4. The van der Waals surface area contributed by atoms with E-state index in [-0.39, 0.29) is 51.4 Å². The Kier molecular flexibility index (Phi) is 6.97. The Labute approximate surface area is 153 Å². The number of hydrogen-bond donors (Lipinski definition) is 0. The Hall–Kier alpha value is -0.984. The van der Waals surface area contributed by atoms with Crippen molar-refractivity contribution < 1.29 is 19.4 Å². The predicted molar refractivity (Wildman–Crippen MR) is 70.9 cm³/mol. The van der Waals surface area contributed by atoms with E-state index in [1.54, 1.807) is 60.7 Å². The molecule has 5 heteroatoms. The monoisotopic (exact) mass is 282 g/mol. The molecule has 0 bridgehead atoms. The van der Waals surface area contributed by atoms with Crippen LogP contribution >= 0.6 is 0 Å². The Morgan fingerprint density at radius 3 is 1.26 bits per heavy atom. The molecule has 2 aromatic carbocycles. The van der Waals surface area contributed by atoms with Gasteiger partial charge in [0.1, 0.15) is 0 Å². The Balaban J connectivity index is 0.00000180. The standard InChI is InChI=1S/C14H10O4.K.H/c15-13(11-7-3-1-4-8-11)17-18-14(16)12-9-5-2-6-10-12;;/h1-10H;;. The summed E-state index contributed by atoms with van der Waals surface area (Å²) in [4.78, 5) is 31.9. The molecular formula is C14H11KO4. The zero-order valence-corrected chi connectivity index (χ0v) is 9.41. The van der Waals surface area contributed by atoms with Crippen molar-refractivity contribution in [2.75, 3.05) is 0 Å². The van der Waals surface area contributed by atoms with Gasteiger partial charge in [0.15, 0.2) is 0 Å². The first kappa shape index (κ1) is 16.1. The van der Waals surface area contributed by atoms with Gasteiger partial charge in [0, 0.05) is 0 Å². The molecule has 0 aliphatic carbocycles. The molecule has 0 fully saturated rings. The van der Waals surface area contributed by atoms with Crippen molar-refractivity contribution in [2.24, 2.45) is 0 Å². The first-order valence-corrected chi connectivity index (χ1v) is 5.30. The van der Waals surface area contributed by atoms with Crippen LogP contribution < -0.4 is 0 Å². The molecule has 0 N–H and O–H groups in total. The van der Waals surface area contributed by atoms with E-state index >= 15 is 0 Å². The summed E-state index contributed by atoms with van der Waals surface area (Å²) in [7, 11) is 0. The van der Waals surface area contributed by atoms with Gasteiger partial charge in [-0.1, -0.05) is 36.4 Å². The summed E-state index contributed by atoms with van der Waals surface area (Å²) in [5.74, 6) is -1.42. The van der Waals surface area contributed by atoms with Crippen molar-refractivity contribution in [1.29, 1.82) is 0 Å². The van der Waals surface area contributed by atoms with Gasteiger partial charge in [0.25, 0.3) is 0 Å². The van der Waals surface area contributed by atoms with Gasteiger partial charge in [-0.3, -0.25) is 0 Å². The van der Waals surface area contributed by atoms with Crippen LogP contribution in [0.25, 0.3) is 0 Å². The second kappa shape index (κ2) is 8.24. The molecule has 0 aromatic heterocycles. The van der Waals surface area contributed by atoms with Crippen LogP contribution in [0, 0.1) is 0 Å². The van der Waals surface area contributed by atoms with Gasteiger partial charge in [-0.25, -0.2) is 19.4 Å². The molecule has 19 heavy (non-hydrogen) atoms. The van der Waals surface area contributed by atoms with Gasteiger partial charge in [-0.15, -0.1) is 0 Å². The predicted octanol–water partition coefficient (Wildman–Crippen LogP) is 1.97. The summed E-state index contributed by atoms with van der Waals surface area (Å²) in [6.07, 6.45) is 0. The molecule has 0 aliphatic rings. The summed E-state index contributed by atoms with van der Waals surface area (Å²) >= 11 is 0. The molecule has 4 nitrogen and oxygen atoms in total. The Bertz CT molecular complexity index is 488. The number of benzene rings is 2. The van der Waals surface area contributed by atoms with Crippen molar-refractivity contribution in [2.45, 2.75) is 0 Å². The fourth-order valence-electron chi connectivity index (χ4n) is 1.32. The van der Waals surface area contributed by atoms with E-state index in [2.05, 4.69) is 9.78 Å². The quantitative estimate of drug-likeness (QED) is 0.480. The van der Waals surface area contributed by atoms with Crippen molar-refractivity contribution in [3.8, 4) is 0 Å². The molecule has 2 aromatic rings. The zero-order valence-electron chi connectivity index (χ0n) is 9.41. The van der Waals surface area contributed by atoms with Gasteiger partial charge >= 0.3 is 63.3 Å². The van der Waals surface area contributed by atoms with E-state index in [1.165, 1.54) is 0 Å². The van der Waals surface area contributed by atoms with Crippen molar-refractivity contribution in [3.63, 3.8) is 0 Å². The van der Waals surface area contributed by atoms with Gasteiger partial charge < -0.3 is 0 Å². The second-order valence-electron chi connectivity index (χ2n) is 3.47. The van der Waals surface area contributed by atoms with Crippen LogP contribution in [0.1, 0.15) is 20.7 Å². The Morgan fingerprint density at radius 1 is 0.632 bits per heavy atom. The van der Waals surface area contributed by atoms with Gasteiger partial charge in [0.05, 0.1) is 11.1 Å². The minimum absolute atomic E-state index is 0. The molecule has 0 aliphatic heterocycles. The number of carbonyl (C=O) groups is 2. The summed E-state index contributed by atoms with van der Waals surface area (Å²) < 4.78 is 0. The minimum atomic E-state index is -0.708. The average molecular weight is 282 g/mol. The SMILES string of the molecule is O=C(OOC(=O)c1ccccc1)c1ccccc1.[KH]. The molecule has 0 radical (unpaired) electrons. The van der Waals surface area contributed by atoms with E-state index < -0.39 is 11.9 Å². The van der Waals surface area contributed by atoms with Crippen LogP contribution in [0.15, 0.2) is 60.7 Å². The molecule has 0 atom stereocenters. The van der Waals surface area contributed by atoms with Crippen molar-refractivity contribution in [3.05, 3.63) is 71.8 Å². The third-order valence-corrected chi connectivity index (χ3v) is 2.21. The summed E-state index contributed by atoms with van der Waals surface area (Å²) in [5, 5.41) is 0. The molecule has 0 spiro atoms. The molecule has 0 heterocycles. The van der Waals surface area contributed by atoms with Crippen LogP contribution in [0.3, 0.4) is 0 Å². The first-order chi connectivity index (χ1) is 8.77. The van der Waals surface area contributed by atoms with Crippen molar-refractivity contribution >= 4 is 63.3 Å². The van der Waals surface area contributed by atoms with Gasteiger partial charge in [0.2, 0.25) is 0 Å². The average Bonchev–Trinajstić information content (AvgIpc) is 2.46. The molecule has 0 saturated carbocycles. The summed E-state index contributed by atoms with van der Waals surface area (Å²) in [6, 6.07) is 16.6. The second-order valence-corrected chi connectivity index (χ2v) is 3.47. The number of rotatable bonds is 2. The molecule has 0 saturated heterocycles. The molecule has 0 unspecified atom stereocenters. The van der Waals surface area contributed by atoms with E-state index in [1.807, 2.05) is 0 Å². The van der Waals surface area contributed by atoms with Crippen LogP contribution in [0.2, 0.25) is 0 Å². The van der Waals surface area contributed by atoms with E-state index in [0.717, 1.165) is 0 Å². The Morgan fingerprint density at radius 2 is 0.947 bits per heavy atom. The van der Waals surface area contributed by atoms with Crippen molar-refractivity contribution in [1.82, 2.24) is 0 Å². The van der Waals surface area contributed by atoms with E-state index in [9.17, 15) is 9.59 Å². The van der Waals surface area contributed by atoms with E-state index in [4.69, 9.17) is 0 Å². The fourth-order valence-corrected chi connectivity index (χ4v) is 1.32. The van der Waals surface area contributed by atoms with Crippen LogP contribution in [0.5, 0.6) is 0 Å². The molecule has 0 amide bonds. The van der Waals surface area contributed by atoms with Crippen LogP contribution in [-0.2, 0) is 9.78 Å². The molecular weight excluding hydrogens is 271 g/mol. The topological polar surface area (TPSA) is 52.6 Å². The van der Waals surface area contributed by atoms with Gasteiger partial charge in [-0.2, -0.15) is 0 Å². The van der Waals surface area contributed by atoms with Crippen LogP contribution in [0.4, 0.5) is 0 Å². The maximum atomic E-state index is 11.5. The number of carbonyl (C=O) groups excluding carboxylic acids is 2.